The van der Waals surface area contributed by atoms with Crippen LogP contribution in [0.4, 0.5) is 0 Å². The van der Waals surface area contributed by atoms with Crippen LogP contribution < -0.4 is 0 Å². The van der Waals surface area contributed by atoms with E-state index >= 15 is 0 Å². The van der Waals surface area contributed by atoms with Gasteiger partial charge in [0.05, 0.1) is 26.4 Å². The fourth-order valence-corrected chi connectivity index (χ4v) is 13.7. The maximum absolute atomic E-state index is 13.1. The number of phosphoric acid groups is 2. The Morgan fingerprint density at radius 2 is 0.535 bits per heavy atom. The summed E-state index contributed by atoms with van der Waals surface area (Å²) in [6.07, 6.45) is 63.3. The number of unbranched alkanes of at least 4 members (excludes halogenated alkanes) is 43. The van der Waals surface area contributed by atoms with Gasteiger partial charge in [0.15, 0.2) is 12.2 Å². The van der Waals surface area contributed by atoms with Gasteiger partial charge in [-0.05, 0) is 69.1 Å². The molecule has 5 atom stereocenters. The van der Waals surface area contributed by atoms with E-state index in [2.05, 4.69) is 72.8 Å². The molecule has 0 amide bonds. The van der Waals surface area contributed by atoms with E-state index in [-0.39, 0.29) is 25.7 Å². The van der Waals surface area contributed by atoms with Gasteiger partial charge in [-0.1, -0.05) is 349 Å². The molecule has 101 heavy (non-hydrogen) atoms. The van der Waals surface area contributed by atoms with Crippen molar-refractivity contribution in [3.63, 3.8) is 0 Å². The van der Waals surface area contributed by atoms with Crippen LogP contribution in [-0.4, -0.2) is 96.7 Å². The van der Waals surface area contributed by atoms with Gasteiger partial charge in [0.1, 0.15) is 19.3 Å². The number of ether oxygens (including phenoxy) is 4. The molecule has 0 heterocycles. The van der Waals surface area contributed by atoms with Gasteiger partial charge in [-0.3, -0.25) is 37.3 Å². The van der Waals surface area contributed by atoms with Crippen LogP contribution in [0.5, 0.6) is 0 Å². The molecule has 0 aliphatic rings. The third-order valence-corrected chi connectivity index (χ3v) is 20.4. The van der Waals surface area contributed by atoms with Gasteiger partial charge in [0, 0.05) is 25.7 Å². The number of carbonyl (C=O) groups is 4. The van der Waals surface area contributed by atoms with Crippen LogP contribution in [0.15, 0.2) is 24.3 Å². The van der Waals surface area contributed by atoms with Crippen molar-refractivity contribution < 1.29 is 80.2 Å². The average molecular weight is 1480 g/mol. The molecule has 3 N–H and O–H groups in total. The zero-order chi connectivity index (χ0) is 74.4. The first-order chi connectivity index (χ1) is 48.7. The van der Waals surface area contributed by atoms with Crippen molar-refractivity contribution in [1.29, 1.82) is 0 Å². The summed E-state index contributed by atoms with van der Waals surface area (Å²) in [7, 11) is -9.93. The van der Waals surface area contributed by atoms with Gasteiger partial charge >= 0.3 is 39.5 Å². The average Bonchev–Trinajstić information content (AvgIpc) is 0.941. The molecule has 0 fully saturated rings. The minimum atomic E-state index is -4.97. The summed E-state index contributed by atoms with van der Waals surface area (Å²) < 4.78 is 68.7. The topological polar surface area (TPSA) is 237 Å². The van der Waals surface area contributed by atoms with Crippen molar-refractivity contribution in [2.45, 2.75) is 420 Å². The van der Waals surface area contributed by atoms with E-state index in [0.29, 0.717) is 31.6 Å². The second-order valence-electron chi connectivity index (χ2n) is 30.3. The summed E-state index contributed by atoms with van der Waals surface area (Å²) in [5, 5.41) is 10.6. The number of hydrogen-bond donors (Lipinski definition) is 3. The predicted octanol–water partition coefficient (Wildman–Crippen LogP) is 24.1. The standard InChI is InChI=1S/C82H156O17P2/c1-8-9-10-11-12-13-14-15-18-26-31-36-43-51-58-65-81(86)98-77(69-92-79(84)63-56-49-42-35-30-25-21-16-19-23-28-33-39-46-53-60-73(2)3)71-96-100(88,89)94-67-76(83)68-95-101(90,91)97-72-78(70-93-80(85)64-57-50-45-38-41-48-55-62-75(6)7)99-82(87)66-59-52-44-37-32-27-22-17-20-24-29-34-40-47-54-61-74(4)5/h13-15,18,73-78,83H,8-12,16-17,19-72H2,1-7H3,(H,88,89)(H,90,91)/b14-13-,18-15-/t76?,77-,78-/m1/s1. The fourth-order valence-electron chi connectivity index (χ4n) is 12.1. The van der Waals surface area contributed by atoms with Crippen LogP contribution in [0.25, 0.3) is 0 Å². The molecule has 0 aliphatic carbocycles. The van der Waals surface area contributed by atoms with Gasteiger partial charge in [-0.25, -0.2) is 9.13 Å². The minimum Gasteiger partial charge on any atom is -0.462 e. The first kappa shape index (κ1) is 98.5. The van der Waals surface area contributed by atoms with Crippen LogP contribution in [0.1, 0.15) is 402 Å². The molecular formula is C82H156O17P2. The van der Waals surface area contributed by atoms with Crippen LogP contribution >= 0.6 is 15.6 Å². The smallest absolute Gasteiger partial charge is 0.462 e. The Morgan fingerprint density at radius 1 is 0.307 bits per heavy atom. The highest BCUT2D eigenvalue weighted by Crippen LogP contribution is 2.45. The van der Waals surface area contributed by atoms with E-state index in [9.17, 15) is 43.2 Å². The molecule has 0 radical (unpaired) electrons. The quantitative estimate of drug-likeness (QED) is 0.0169. The summed E-state index contributed by atoms with van der Waals surface area (Å²) in [4.78, 5) is 73.0. The van der Waals surface area contributed by atoms with Gasteiger partial charge in [-0.15, -0.1) is 0 Å². The maximum Gasteiger partial charge on any atom is 0.472 e. The SMILES string of the molecule is CCCCCC/C=C\C=C/CCCCCCCC(=O)O[C@H](COC(=O)CCCCCCCCCCCCCCCCCC(C)C)COP(=O)(O)OCC(O)COP(=O)(O)OC[C@@H](COC(=O)CCCCCCCCCC(C)C)OC(=O)CCCCCCCCCCCCCCCCCC(C)C. The number of allylic oxidation sites excluding steroid dienone is 4. The number of rotatable bonds is 78. The summed E-state index contributed by atoms with van der Waals surface area (Å²) in [5.74, 6) is 0.168. The highest BCUT2D eigenvalue weighted by atomic mass is 31.2. The number of phosphoric ester groups is 2. The zero-order valence-electron chi connectivity index (χ0n) is 65.9. The fraction of sp³-hybridized carbons (Fsp3) is 0.902. The summed E-state index contributed by atoms with van der Waals surface area (Å²) in [6, 6.07) is 0. The van der Waals surface area contributed by atoms with Crippen LogP contribution in [0, 0.1) is 17.8 Å². The normalized spacial score (nSPS) is 14.1. The van der Waals surface area contributed by atoms with Crippen molar-refractivity contribution in [1.82, 2.24) is 0 Å². The monoisotopic (exact) mass is 1480 g/mol. The second-order valence-corrected chi connectivity index (χ2v) is 33.2. The molecule has 0 spiro atoms. The molecule has 0 aromatic rings. The van der Waals surface area contributed by atoms with Crippen molar-refractivity contribution in [3.05, 3.63) is 24.3 Å². The van der Waals surface area contributed by atoms with Crippen LogP contribution in [0.3, 0.4) is 0 Å². The third-order valence-electron chi connectivity index (χ3n) is 18.5. The Morgan fingerprint density at radius 3 is 0.802 bits per heavy atom. The van der Waals surface area contributed by atoms with E-state index in [1.54, 1.807) is 0 Å². The molecule has 19 heteroatoms. The predicted molar refractivity (Wildman–Crippen MR) is 414 cm³/mol. The molecular weight excluding hydrogens is 1320 g/mol. The first-order valence-corrected chi connectivity index (χ1v) is 44.7. The number of aliphatic hydroxyl groups excluding tert-OH is 1. The molecule has 3 unspecified atom stereocenters. The Labute approximate surface area is 618 Å². The van der Waals surface area contributed by atoms with Crippen LogP contribution in [0.2, 0.25) is 0 Å². The Balaban J connectivity index is 5.26. The molecule has 17 nitrogen and oxygen atoms in total. The molecule has 0 rings (SSSR count). The van der Waals surface area contributed by atoms with Gasteiger partial charge < -0.3 is 33.8 Å². The number of aliphatic hydroxyl groups is 1. The van der Waals surface area contributed by atoms with Crippen molar-refractivity contribution in [2.75, 3.05) is 39.6 Å². The maximum atomic E-state index is 13.1. The van der Waals surface area contributed by atoms with E-state index < -0.39 is 97.5 Å². The molecule has 0 bridgehead atoms. The van der Waals surface area contributed by atoms with E-state index in [1.807, 2.05) is 0 Å². The summed E-state index contributed by atoms with van der Waals surface area (Å²) in [6.45, 7) is 11.9. The Hall–Kier alpha value is -2.46. The molecule has 0 saturated carbocycles. The lowest BCUT2D eigenvalue weighted by atomic mass is 10.0. The lowest BCUT2D eigenvalue weighted by Gasteiger charge is -2.21. The minimum absolute atomic E-state index is 0.0851. The lowest BCUT2D eigenvalue weighted by molar-refractivity contribution is -0.161. The van der Waals surface area contributed by atoms with Gasteiger partial charge in [0.25, 0.3) is 0 Å². The first-order valence-electron chi connectivity index (χ1n) is 41.7. The zero-order valence-corrected chi connectivity index (χ0v) is 67.6. The van der Waals surface area contributed by atoms with Crippen molar-refractivity contribution >= 4 is 39.5 Å². The number of hydrogen-bond acceptors (Lipinski definition) is 15. The van der Waals surface area contributed by atoms with Crippen molar-refractivity contribution in [2.24, 2.45) is 17.8 Å². The summed E-state index contributed by atoms with van der Waals surface area (Å²) >= 11 is 0. The largest absolute Gasteiger partial charge is 0.472 e. The van der Waals surface area contributed by atoms with Gasteiger partial charge in [-0.2, -0.15) is 0 Å². The van der Waals surface area contributed by atoms with Crippen LogP contribution in [-0.2, 0) is 65.4 Å². The molecule has 596 valence electrons. The second kappa shape index (κ2) is 71.8. The van der Waals surface area contributed by atoms with E-state index in [1.165, 1.54) is 193 Å². The third kappa shape index (κ3) is 75.6. The molecule has 0 saturated heterocycles. The molecule has 0 aliphatic heterocycles. The van der Waals surface area contributed by atoms with Crippen molar-refractivity contribution in [3.8, 4) is 0 Å². The number of carbonyl (C=O) groups excluding carboxylic acids is 4. The highest BCUT2D eigenvalue weighted by molar-refractivity contribution is 7.47. The molecule has 0 aromatic carbocycles. The Kier molecular flexibility index (Phi) is 70.0. The molecule has 0 aromatic heterocycles. The van der Waals surface area contributed by atoms with E-state index in [0.717, 1.165) is 121 Å². The highest BCUT2D eigenvalue weighted by Gasteiger charge is 2.30. The van der Waals surface area contributed by atoms with E-state index in [4.69, 9.17) is 37.0 Å². The lowest BCUT2D eigenvalue weighted by Crippen LogP contribution is -2.30. The van der Waals surface area contributed by atoms with Gasteiger partial charge in [0.2, 0.25) is 0 Å². The Bertz CT molecular complexity index is 2050. The number of esters is 4. The summed E-state index contributed by atoms with van der Waals surface area (Å²) in [5.41, 5.74) is 0.